The molecule has 100 valence electrons. The van der Waals surface area contributed by atoms with Crippen LogP contribution >= 0.6 is 0 Å². The standard InChI is InChI=1S/C11H16N2O4S/c1-8-5-4-6-9(2)11(8)12-18(16,17)13(3)7-10(14)15/h4-6,12H,7H2,1-3H3,(H,14,15). The zero-order valence-corrected chi connectivity index (χ0v) is 11.3. The average Bonchev–Trinajstić information content (AvgIpc) is 2.22. The van der Waals surface area contributed by atoms with Crippen LogP contribution < -0.4 is 4.72 Å². The first-order chi connectivity index (χ1) is 8.24. The summed E-state index contributed by atoms with van der Waals surface area (Å²) >= 11 is 0. The Hall–Kier alpha value is -1.60. The SMILES string of the molecule is Cc1cccc(C)c1NS(=O)(=O)N(C)CC(=O)O. The van der Waals surface area contributed by atoms with Crippen molar-refractivity contribution in [3.63, 3.8) is 0 Å². The van der Waals surface area contributed by atoms with Gasteiger partial charge in [0.2, 0.25) is 0 Å². The van der Waals surface area contributed by atoms with Gasteiger partial charge in [0, 0.05) is 7.05 Å². The van der Waals surface area contributed by atoms with Gasteiger partial charge in [-0.15, -0.1) is 0 Å². The highest BCUT2D eigenvalue weighted by molar-refractivity contribution is 7.90. The van der Waals surface area contributed by atoms with Gasteiger partial charge in [0.05, 0.1) is 5.69 Å². The van der Waals surface area contributed by atoms with Gasteiger partial charge < -0.3 is 5.11 Å². The van der Waals surface area contributed by atoms with E-state index in [1.165, 1.54) is 7.05 Å². The molecule has 0 aliphatic carbocycles. The number of aliphatic carboxylic acids is 1. The number of para-hydroxylation sites is 1. The Balaban J connectivity index is 2.99. The third-order valence-corrected chi connectivity index (χ3v) is 3.89. The lowest BCUT2D eigenvalue weighted by molar-refractivity contribution is -0.137. The molecule has 0 aliphatic rings. The maximum atomic E-state index is 11.9. The zero-order chi connectivity index (χ0) is 13.9. The predicted molar refractivity (Wildman–Crippen MR) is 68.7 cm³/mol. The summed E-state index contributed by atoms with van der Waals surface area (Å²) in [4.78, 5) is 10.5. The van der Waals surface area contributed by atoms with Crippen LogP contribution in [0.15, 0.2) is 18.2 Å². The lowest BCUT2D eigenvalue weighted by Crippen LogP contribution is -2.36. The topological polar surface area (TPSA) is 86.7 Å². The Bertz CT molecular complexity index is 534. The molecule has 2 N–H and O–H groups in total. The predicted octanol–water partition coefficient (Wildman–Crippen LogP) is 0.977. The first kappa shape index (κ1) is 14.5. The Morgan fingerprint density at radius 1 is 1.33 bits per heavy atom. The van der Waals surface area contributed by atoms with E-state index >= 15 is 0 Å². The normalized spacial score (nSPS) is 11.6. The molecule has 6 nitrogen and oxygen atoms in total. The van der Waals surface area contributed by atoms with Crippen LogP contribution in [0.1, 0.15) is 11.1 Å². The molecule has 0 unspecified atom stereocenters. The molecule has 0 spiro atoms. The van der Waals surface area contributed by atoms with E-state index in [4.69, 9.17) is 5.11 Å². The number of benzene rings is 1. The van der Waals surface area contributed by atoms with Crippen LogP contribution in [0, 0.1) is 13.8 Å². The van der Waals surface area contributed by atoms with E-state index in [0.29, 0.717) is 5.69 Å². The van der Waals surface area contributed by atoms with Crippen molar-refractivity contribution in [3.8, 4) is 0 Å². The molecule has 0 radical (unpaired) electrons. The molecule has 1 aromatic rings. The highest BCUT2D eigenvalue weighted by Gasteiger charge is 2.21. The number of nitrogens with zero attached hydrogens (tertiary/aromatic N) is 1. The van der Waals surface area contributed by atoms with Crippen LogP contribution in [0.4, 0.5) is 5.69 Å². The maximum absolute atomic E-state index is 11.9. The summed E-state index contributed by atoms with van der Waals surface area (Å²) in [5, 5.41) is 8.59. The van der Waals surface area contributed by atoms with Gasteiger partial charge in [-0.05, 0) is 25.0 Å². The highest BCUT2D eigenvalue weighted by atomic mass is 32.2. The second-order valence-corrected chi connectivity index (χ2v) is 5.80. The third-order valence-electron chi connectivity index (χ3n) is 2.48. The summed E-state index contributed by atoms with van der Waals surface area (Å²) < 4.78 is 26.9. The first-order valence-corrected chi connectivity index (χ1v) is 6.70. The Morgan fingerprint density at radius 2 is 1.83 bits per heavy atom. The number of rotatable bonds is 5. The van der Waals surface area contributed by atoms with E-state index in [9.17, 15) is 13.2 Å². The zero-order valence-electron chi connectivity index (χ0n) is 10.5. The van der Waals surface area contributed by atoms with E-state index in [-0.39, 0.29) is 0 Å². The van der Waals surface area contributed by atoms with Crippen molar-refractivity contribution in [1.29, 1.82) is 0 Å². The van der Waals surface area contributed by atoms with Crippen molar-refractivity contribution < 1.29 is 18.3 Å². The molecule has 1 aromatic carbocycles. The van der Waals surface area contributed by atoms with E-state index in [2.05, 4.69) is 4.72 Å². The number of carboxylic acid groups (broad SMARTS) is 1. The Kier molecular flexibility index (Phi) is 4.31. The molecule has 7 heteroatoms. The molecule has 0 fully saturated rings. The molecule has 0 saturated heterocycles. The van der Waals surface area contributed by atoms with E-state index in [1.54, 1.807) is 26.0 Å². The minimum atomic E-state index is -3.85. The molecule has 0 aliphatic heterocycles. The fourth-order valence-electron chi connectivity index (χ4n) is 1.46. The van der Waals surface area contributed by atoms with Gasteiger partial charge in [-0.1, -0.05) is 18.2 Å². The fourth-order valence-corrected chi connectivity index (χ4v) is 2.47. The van der Waals surface area contributed by atoms with Crippen LogP contribution in [-0.2, 0) is 15.0 Å². The Morgan fingerprint density at radius 3 is 2.28 bits per heavy atom. The quantitative estimate of drug-likeness (QED) is 0.836. The molecule has 0 heterocycles. The van der Waals surface area contributed by atoms with Crippen molar-refractivity contribution in [2.75, 3.05) is 18.3 Å². The molecule has 0 atom stereocenters. The highest BCUT2D eigenvalue weighted by Crippen LogP contribution is 2.21. The number of hydrogen-bond acceptors (Lipinski definition) is 3. The Labute approximate surface area is 106 Å². The summed E-state index contributed by atoms with van der Waals surface area (Å²) in [5.41, 5.74) is 2.04. The summed E-state index contributed by atoms with van der Waals surface area (Å²) in [6, 6.07) is 5.38. The van der Waals surface area contributed by atoms with Crippen molar-refractivity contribution in [1.82, 2.24) is 4.31 Å². The van der Waals surface area contributed by atoms with Crippen LogP contribution in [0.3, 0.4) is 0 Å². The maximum Gasteiger partial charge on any atom is 0.318 e. The van der Waals surface area contributed by atoms with Gasteiger partial charge >= 0.3 is 16.2 Å². The number of likely N-dealkylation sites (N-methyl/N-ethyl adjacent to an activating group) is 1. The van der Waals surface area contributed by atoms with Gasteiger partial charge in [0.15, 0.2) is 0 Å². The van der Waals surface area contributed by atoms with Crippen molar-refractivity contribution >= 4 is 21.9 Å². The van der Waals surface area contributed by atoms with Crippen molar-refractivity contribution in [2.45, 2.75) is 13.8 Å². The molecular formula is C11H16N2O4S. The molecule has 0 aromatic heterocycles. The van der Waals surface area contributed by atoms with Gasteiger partial charge in [-0.2, -0.15) is 12.7 Å². The molecule has 0 amide bonds. The minimum absolute atomic E-state index is 0.481. The summed E-state index contributed by atoms with van der Waals surface area (Å²) in [7, 11) is -2.64. The molecule has 1 rings (SSSR count). The summed E-state index contributed by atoms with van der Waals surface area (Å²) in [5.74, 6) is -1.20. The molecule has 0 saturated carbocycles. The molecule has 18 heavy (non-hydrogen) atoms. The second kappa shape index (κ2) is 5.36. The number of anilines is 1. The van der Waals surface area contributed by atoms with Crippen molar-refractivity contribution in [3.05, 3.63) is 29.3 Å². The number of nitrogens with one attached hydrogen (secondary N) is 1. The van der Waals surface area contributed by atoms with Crippen molar-refractivity contribution in [2.24, 2.45) is 0 Å². The minimum Gasteiger partial charge on any atom is -0.480 e. The lowest BCUT2D eigenvalue weighted by atomic mass is 10.1. The second-order valence-electron chi connectivity index (χ2n) is 4.02. The van der Waals surface area contributed by atoms with Crippen LogP contribution in [0.25, 0.3) is 0 Å². The van der Waals surface area contributed by atoms with E-state index < -0.39 is 22.7 Å². The monoisotopic (exact) mass is 272 g/mol. The molecular weight excluding hydrogens is 256 g/mol. The first-order valence-electron chi connectivity index (χ1n) is 5.26. The average molecular weight is 272 g/mol. The van der Waals surface area contributed by atoms with Crippen LogP contribution in [0.5, 0.6) is 0 Å². The van der Waals surface area contributed by atoms with Crippen LogP contribution in [0.2, 0.25) is 0 Å². The third kappa shape index (κ3) is 3.44. The van der Waals surface area contributed by atoms with Gasteiger partial charge in [-0.3, -0.25) is 9.52 Å². The number of aryl methyl sites for hydroxylation is 2. The van der Waals surface area contributed by atoms with Gasteiger partial charge in [0.25, 0.3) is 0 Å². The number of carboxylic acids is 1. The summed E-state index contributed by atoms with van der Waals surface area (Å²) in [6.07, 6.45) is 0. The van der Waals surface area contributed by atoms with Crippen LogP contribution in [-0.4, -0.2) is 37.4 Å². The fraction of sp³-hybridized carbons (Fsp3) is 0.364. The molecule has 0 bridgehead atoms. The number of carbonyl (C=O) groups is 1. The van der Waals surface area contributed by atoms with E-state index in [0.717, 1.165) is 15.4 Å². The summed E-state index contributed by atoms with van der Waals surface area (Å²) in [6.45, 7) is 2.98. The largest absolute Gasteiger partial charge is 0.480 e. The van der Waals surface area contributed by atoms with Gasteiger partial charge in [0.1, 0.15) is 6.54 Å². The van der Waals surface area contributed by atoms with E-state index in [1.807, 2.05) is 6.07 Å². The lowest BCUT2D eigenvalue weighted by Gasteiger charge is -2.18. The number of hydrogen-bond donors (Lipinski definition) is 2. The smallest absolute Gasteiger partial charge is 0.318 e. The van der Waals surface area contributed by atoms with Gasteiger partial charge in [-0.25, -0.2) is 0 Å².